The molecule has 1 aliphatic rings. The van der Waals surface area contributed by atoms with Gasteiger partial charge in [-0.15, -0.1) is 0 Å². The van der Waals surface area contributed by atoms with Gasteiger partial charge in [0.1, 0.15) is 6.10 Å². The predicted octanol–water partition coefficient (Wildman–Crippen LogP) is -1.41. The van der Waals surface area contributed by atoms with Crippen LogP contribution in [-0.4, -0.2) is 57.4 Å². The highest BCUT2D eigenvalue weighted by molar-refractivity contribution is 4.97. The Kier molecular flexibility index (Phi) is 4.95. The molecule has 0 saturated carbocycles. The van der Waals surface area contributed by atoms with Gasteiger partial charge >= 0.3 is 0 Å². The number of rotatable bonds is 4. The lowest BCUT2D eigenvalue weighted by molar-refractivity contribution is -0.120. The molecule has 5 heteroatoms. The molecule has 0 aromatic heterocycles. The van der Waals surface area contributed by atoms with Gasteiger partial charge in [-0.05, 0) is 6.42 Å². The molecule has 0 amide bonds. The van der Waals surface area contributed by atoms with Gasteiger partial charge in [-0.25, -0.2) is 0 Å². The summed E-state index contributed by atoms with van der Waals surface area (Å²) < 4.78 is 0. The number of aliphatic hydroxyl groups excluding tert-OH is 4. The Labute approximate surface area is 89.7 Å². The standard InChI is InChI=1S/C10H21NO4/c1-2-3-4-6-8(13)10(15)9(14)7(5-12)11-6/h6-15H,2-5H2,1H3/t6-,7+,8+,9-,10-/m1/s1. The Morgan fingerprint density at radius 3 is 2.13 bits per heavy atom. The average Bonchev–Trinajstić information content (AvgIpc) is 2.25. The van der Waals surface area contributed by atoms with Crippen molar-refractivity contribution in [3.63, 3.8) is 0 Å². The summed E-state index contributed by atoms with van der Waals surface area (Å²) >= 11 is 0. The highest BCUT2D eigenvalue weighted by Crippen LogP contribution is 2.18. The van der Waals surface area contributed by atoms with Crippen LogP contribution >= 0.6 is 0 Å². The van der Waals surface area contributed by atoms with E-state index in [1.807, 2.05) is 6.92 Å². The number of hydrogen-bond acceptors (Lipinski definition) is 5. The predicted molar refractivity (Wildman–Crippen MR) is 55.3 cm³/mol. The fraction of sp³-hybridized carbons (Fsp3) is 1.00. The molecule has 1 heterocycles. The first-order valence-electron chi connectivity index (χ1n) is 5.53. The molecule has 0 radical (unpaired) electrons. The van der Waals surface area contributed by atoms with E-state index in [2.05, 4.69) is 5.32 Å². The van der Waals surface area contributed by atoms with Crippen molar-refractivity contribution in [2.45, 2.75) is 56.6 Å². The molecule has 5 nitrogen and oxygen atoms in total. The van der Waals surface area contributed by atoms with E-state index in [9.17, 15) is 15.3 Å². The SMILES string of the molecule is CCCC[C@H]1N[C@@H](CO)[C@@H](O)[C@H](O)[C@H]1O. The van der Waals surface area contributed by atoms with Crippen LogP contribution in [0.4, 0.5) is 0 Å². The van der Waals surface area contributed by atoms with Gasteiger partial charge in [-0.1, -0.05) is 19.8 Å². The number of hydrogen-bond donors (Lipinski definition) is 5. The third-order valence-corrected chi connectivity index (χ3v) is 3.02. The second kappa shape index (κ2) is 5.77. The molecule has 1 saturated heterocycles. The molecule has 0 spiro atoms. The van der Waals surface area contributed by atoms with E-state index in [4.69, 9.17) is 5.11 Å². The van der Waals surface area contributed by atoms with Crippen molar-refractivity contribution in [2.24, 2.45) is 0 Å². The third kappa shape index (κ3) is 2.89. The third-order valence-electron chi connectivity index (χ3n) is 3.02. The summed E-state index contributed by atoms with van der Waals surface area (Å²) in [6.45, 7) is 1.80. The van der Waals surface area contributed by atoms with Crippen molar-refractivity contribution in [1.82, 2.24) is 5.32 Å². The second-order valence-electron chi connectivity index (χ2n) is 4.18. The summed E-state index contributed by atoms with van der Waals surface area (Å²) in [5, 5.41) is 40.7. The van der Waals surface area contributed by atoms with Crippen LogP contribution in [0, 0.1) is 0 Å². The van der Waals surface area contributed by atoms with Crippen LogP contribution in [-0.2, 0) is 0 Å². The largest absolute Gasteiger partial charge is 0.395 e. The Balaban J connectivity index is 2.57. The van der Waals surface area contributed by atoms with Crippen LogP contribution in [0.5, 0.6) is 0 Å². The van der Waals surface area contributed by atoms with Crippen molar-refractivity contribution < 1.29 is 20.4 Å². The maximum absolute atomic E-state index is 9.69. The van der Waals surface area contributed by atoms with Gasteiger partial charge in [0.2, 0.25) is 0 Å². The first kappa shape index (κ1) is 12.9. The fourth-order valence-corrected chi connectivity index (χ4v) is 1.99. The van der Waals surface area contributed by atoms with Gasteiger partial charge in [-0.2, -0.15) is 0 Å². The molecular formula is C10H21NO4. The molecule has 1 fully saturated rings. The van der Waals surface area contributed by atoms with Gasteiger partial charge in [0, 0.05) is 6.04 Å². The lowest BCUT2D eigenvalue weighted by Gasteiger charge is -2.41. The highest BCUT2D eigenvalue weighted by atomic mass is 16.4. The second-order valence-corrected chi connectivity index (χ2v) is 4.18. The van der Waals surface area contributed by atoms with E-state index >= 15 is 0 Å². The summed E-state index contributed by atoms with van der Waals surface area (Å²) in [5.41, 5.74) is 0. The summed E-state index contributed by atoms with van der Waals surface area (Å²) in [6, 6.07) is -0.800. The first-order chi connectivity index (χ1) is 7.11. The first-order valence-corrected chi connectivity index (χ1v) is 5.53. The lowest BCUT2D eigenvalue weighted by atomic mass is 9.88. The van der Waals surface area contributed by atoms with Crippen molar-refractivity contribution in [2.75, 3.05) is 6.61 Å². The quantitative estimate of drug-likeness (QED) is 0.401. The van der Waals surface area contributed by atoms with Crippen LogP contribution in [0.3, 0.4) is 0 Å². The van der Waals surface area contributed by atoms with E-state index in [-0.39, 0.29) is 12.6 Å². The molecule has 0 unspecified atom stereocenters. The molecule has 0 aromatic carbocycles. The molecule has 5 atom stereocenters. The number of unbranched alkanes of at least 4 members (excludes halogenated alkanes) is 1. The monoisotopic (exact) mass is 219 g/mol. The van der Waals surface area contributed by atoms with Crippen molar-refractivity contribution in [3.8, 4) is 0 Å². The molecule has 1 aliphatic heterocycles. The summed E-state index contributed by atoms with van der Waals surface area (Å²) in [6.07, 6.45) is -0.566. The zero-order valence-electron chi connectivity index (χ0n) is 9.00. The molecular weight excluding hydrogens is 198 g/mol. The molecule has 15 heavy (non-hydrogen) atoms. The van der Waals surface area contributed by atoms with E-state index in [0.29, 0.717) is 0 Å². The minimum absolute atomic E-state index is 0.242. The van der Waals surface area contributed by atoms with Gasteiger partial charge in [0.15, 0.2) is 0 Å². The van der Waals surface area contributed by atoms with E-state index < -0.39 is 24.4 Å². The highest BCUT2D eigenvalue weighted by Gasteiger charge is 2.41. The number of nitrogens with one attached hydrogen (secondary N) is 1. The van der Waals surface area contributed by atoms with E-state index in [0.717, 1.165) is 19.3 Å². The van der Waals surface area contributed by atoms with Crippen LogP contribution in [0.1, 0.15) is 26.2 Å². The molecule has 5 N–H and O–H groups in total. The van der Waals surface area contributed by atoms with Crippen LogP contribution in [0.15, 0.2) is 0 Å². The van der Waals surface area contributed by atoms with Gasteiger partial charge in [0.25, 0.3) is 0 Å². The summed E-state index contributed by atoms with van der Waals surface area (Å²) in [5.74, 6) is 0. The molecule has 1 rings (SSSR count). The molecule has 0 aliphatic carbocycles. The topological polar surface area (TPSA) is 93.0 Å². The van der Waals surface area contributed by atoms with Crippen LogP contribution < -0.4 is 5.32 Å². The Bertz CT molecular complexity index is 188. The Morgan fingerprint density at radius 2 is 1.60 bits per heavy atom. The van der Waals surface area contributed by atoms with Crippen molar-refractivity contribution in [3.05, 3.63) is 0 Å². The minimum Gasteiger partial charge on any atom is -0.395 e. The maximum Gasteiger partial charge on any atom is 0.109 e. The van der Waals surface area contributed by atoms with Crippen molar-refractivity contribution in [1.29, 1.82) is 0 Å². The van der Waals surface area contributed by atoms with Crippen LogP contribution in [0.25, 0.3) is 0 Å². The normalized spacial score (nSPS) is 41.8. The van der Waals surface area contributed by atoms with Crippen molar-refractivity contribution >= 4 is 0 Å². The Morgan fingerprint density at radius 1 is 1.00 bits per heavy atom. The minimum atomic E-state index is -1.18. The van der Waals surface area contributed by atoms with Crippen LogP contribution in [0.2, 0.25) is 0 Å². The maximum atomic E-state index is 9.69. The number of piperidine rings is 1. The summed E-state index contributed by atoms with van der Waals surface area (Å²) in [4.78, 5) is 0. The van der Waals surface area contributed by atoms with E-state index in [1.54, 1.807) is 0 Å². The average molecular weight is 219 g/mol. The zero-order valence-corrected chi connectivity index (χ0v) is 9.00. The van der Waals surface area contributed by atoms with Gasteiger partial charge in [-0.3, -0.25) is 0 Å². The number of aliphatic hydroxyl groups is 4. The smallest absolute Gasteiger partial charge is 0.109 e. The lowest BCUT2D eigenvalue weighted by Crippen LogP contribution is -2.65. The zero-order chi connectivity index (χ0) is 11.4. The van der Waals surface area contributed by atoms with Gasteiger partial charge < -0.3 is 25.7 Å². The molecule has 90 valence electrons. The molecule has 0 aromatic rings. The Hall–Kier alpha value is -0.200. The van der Waals surface area contributed by atoms with Gasteiger partial charge in [0.05, 0.1) is 24.9 Å². The summed E-state index contributed by atoms with van der Waals surface area (Å²) in [7, 11) is 0. The van der Waals surface area contributed by atoms with E-state index in [1.165, 1.54) is 0 Å². The molecule has 0 bridgehead atoms. The fourth-order valence-electron chi connectivity index (χ4n) is 1.99.